The lowest BCUT2D eigenvalue weighted by Crippen LogP contribution is -2.66. The summed E-state index contributed by atoms with van der Waals surface area (Å²) in [6, 6.07) is -0.987. The molecule has 514 valence electrons. The maximum absolute atomic E-state index is 13.3. The number of nitrogens with one attached hydrogen (secondary N) is 1. The third-order valence-corrected chi connectivity index (χ3v) is 17.3. The van der Waals surface area contributed by atoms with Gasteiger partial charge in [-0.3, -0.25) is 4.79 Å². The Bertz CT molecular complexity index is 1790. The largest absolute Gasteiger partial charge is 0.394 e. The standard InChI is InChI=1S/C69H125NO18/c1-3-5-7-9-11-13-15-16-17-18-19-20-21-22-23-24-25-26-27-28-29-30-31-32-33-34-35-36-37-39-41-43-45-47-57(75)70-52(53(74)46-44-42-40-38-14-12-10-8-6-4-2)51-83-67-63(81)60(78)65(55(49-72)85-67)88-69-64(82)61(79)66(56(50-73)86-69)87-68-62(80)59(77)58(76)54(48-71)84-68/h14-16,18-19,38,44,46,52-56,58-69,71-74,76-82H,3-13,17,20-37,39-43,45,47-51H2,1-2H3,(H,70,75)/b16-15-,19-18-,38-14+,46-44+. The minimum atomic E-state index is -1.98. The number of carbonyl (C=O) groups excluding carboxylic acids is 1. The summed E-state index contributed by atoms with van der Waals surface area (Å²) < 4.78 is 34.2. The molecule has 0 aromatic heterocycles. The molecule has 3 saturated heterocycles. The molecule has 0 saturated carbocycles. The zero-order valence-corrected chi connectivity index (χ0v) is 54.2. The SMILES string of the molecule is CCCCCC/C=C/CC/C=C/C(O)C(COC1OC(CO)C(OC2OC(CO)C(OC3OC(CO)C(O)C(O)C3O)C(O)C2O)C(O)C1O)NC(=O)CCCCCCCCCCCCCCCCCCCCCCC/C=C\C/C=C\CCCCCCC. The number of unbranched alkanes of at least 4 members (excludes halogenated alkanes) is 31. The molecule has 3 aliphatic heterocycles. The van der Waals surface area contributed by atoms with Crippen molar-refractivity contribution in [2.45, 2.75) is 356 Å². The van der Waals surface area contributed by atoms with Crippen molar-refractivity contribution in [3.05, 3.63) is 48.6 Å². The lowest BCUT2D eigenvalue weighted by Gasteiger charge is -2.48. The Morgan fingerprint density at radius 3 is 1.22 bits per heavy atom. The van der Waals surface area contributed by atoms with E-state index in [0.29, 0.717) is 12.8 Å². The van der Waals surface area contributed by atoms with Gasteiger partial charge in [-0.05, 0) is 64.2 Å². The highest BCUT2D eigenvalue weighted by atomic mass is 16.8. The number of amides is 1. The fraction of sp³-hybridized carbons (Fsp3) is 0.870. The predicted molar refractivity (Wildman–Crippen MR) is 342 cm³/mol. The van der Waals surface area contributed by atoms with Crippen LogP contribution in [0.3, 0.4) is 0 Å². The van der Waals surface area contributed by atoms with Crippen LogP contribution in [0, 0.1) is 0 Å². The van der Waals surface area contributed by atoms with Crippen molar-refractivity contribution in [1.29, 1.82) is 0 Å². The maximum Gasteiger partial charge on any atom is 0.220 e. The Balaban J connectivity index is 1.33. The lowest BCUT2D eigenvalue weighted by atomic mass is 9.96. The first kappa shape index (κ1) is 80.0. The molecule has 1 amide bonds. The molecule has 0 spiro atoms. The average Bonchev–Trinajstić information content (AvgIpc) is 1.86. The van der Waals surface area contributed by atoms with E-state index in [-0.39, 0.29) is 18.9 Å². The van der Waals surface area contributed by atoms with Crippen molar-refractivity contribution < 1.29 is 89.4 Å². The molecule has 3 heterocycles. The molecular formula is C69H125NO18. The van der Waals surface area contributed by atoms with Crippen LogP contribution in [0.4, 0.5) is 0 Å². The highest BCUT2D eigenvalue weighted by molar-refractivity contribution is 5.76. The van der Waals surface area contributed by atoms with E-state index in [4.69, 9.17) is 28.4 Å². The van der Waals surface area contributed by atoms with Gasteiger partial charge in [0.2, 0.25) is 5.91 Å². The van der Waals surface area contributed by atoms with Crippen molar-refractivity contribution in [2.24, 2.45) is 0 Å². The lowest BCUT2D eigenvalue weighted by molar-refractivity contribution is -0.379. The predicted octanol–water partition coefficient (Wildman–Crippen LogP) is 9.00. The summed E-state index contributed by atoms with van der Waals surface area (Å²) in [7, 11) is 0. The van der Waals surface area contributed by atoms with E-state index in [2.05, 4.69) is 55.6 Å². The Morgan fingerprint density at radius 2 is 0.761 bits per heavy atom. The molecule has 12 N–H and O–H groups in total. The number of carbonyl (C=O) groups is 1. The number of aliphatic hydroxyl groups is 11. The quantitative estimate of drug-likeness (QED) is 0.0200. The Hall–Kier alpha value is -2.25. The van der Waals surface area contributed by atoms with E-state index in [0.717, 1.165) is 44.9 Å². The fourth-order valence-electron chi connectivity index (χ4n) is 11.6. The first-order valence-corrected chi connectivity index (χ1v) is 34.9. The number of allylic oxidation sites excluding steroid dienone is 7. The molecule has 88 heavy (non-hydrogen) atoms. The summed E-state index contributed by atoms with van der Waals surface area (Å²) in [5.74, 6) is -0.285. The molecule has 19 nitrogen and oxygen atoms in total. The number of aliphatic hydroxyl groups excluding tert-OH is 11. The molecule has 17 unspecified atom stereocenters. The van der Waals surface area contributed by atoms with Gasteiger partial charge in [0.15, 0.2) is 18.9 Å². The molecule has 3 aliphatic rings. The van der Waals surface area contributed by atoms with Gasteiger partial charge in [0.25, 0.3) is 0 Å². The van der Waals surface area contributed by atoms with E-state index < -0.39 is 124 Å². The van der Waals surface area contributed by atoms with E-state index in [1.807, 2.05) is 6.08 Å². The molecule has 19 heteroatoms. The van der Waals surface area contributed by atoms with E-state index in [1.165, 1.54) is 173 Å². The molecule has 0 aliphatic carbocycles. The van der Waals surface area contributed by atoms with Crippen molar-refractivity contribution in [3.8, 4) is 0 Å². The van der Waals surface area contributed by atoms with Crippen LogP contribution in [0.2, 0.25) is 0 Å². The fourth-order valence-corrected chi connectivity index (χ4v) is 11.6. The van der Waals surface area contributed by atoms with Gasteiger partial charge >= 0.3 is 0 Å². The third-order valence-electron chi connectivity index (χ3n) is 17.3. The third kappa shape index (κ3) is 33.0. The second kappa shape index (κ2) is 51.2. The van der Waals surface area contributed by atoms with Crippen molar-refractivity contribution >= 4 is 5.91 Å². The molecule has 0 aromatic rings. The van der Waals surface area contributed by atoms with E-state index in [9.17, 15) is 61.0 Å². The first-order valence-electron chi connectivity index (χ1n) is 34.9. The van der Waals surface area contributed by atoms with E-state index >= 15 is 0 Å². The second-order valence-corrected chi connectivity index (χ2v) is 25.0. The Labute approximate surface area is 529 Å². The molecule has 0 bridgehead atoms. The molecule has 17 atom stereocenters. The maximum atomic E-state index is 13.3. The van der Waals surface area contributed by atoms with Gasteiger partial charge in [-0.25, -0.2) is 0 Å². The molecular weight excluding hydrogens is 1130 g/mol. The van der Waals surface area contributed by atoms with Crippen LogP contribution in [0.15, 0.2) is 48.6 Å². The molecule has 0 radical (unpaired) electrons. The molecule has 0 aromatic carbocycles. The van der Waals surface area contributed by atoms with Crippen molar-refractivity contribution in [2.75, 3.05) is 26.4 Å². The summed E-state index contributed by atoms with van der Waals surface area (Å²) in [5.41, 5.74) is 0. The van der Waals surface area contributed by atoms with Crippen LogP contribution in [0.25, 0.3) is 0 Å². The number of rotatable bonds is 53. The Morgan fingerprint density at radius 1 is 0.409 bits per heavy atom. The van der Waals surface area contributed by atoms with Crippen LogP contribution >= 0.6 is 0 Å². The van der Waals surface area contributed by atoms with Gasteiger partial charge < -0.3 is 89.9 Å². The van der Waals surface area contributed by atoms with Crippen LogP contribution in [-0.2, 0) is 33.2 Å². The zero-order valence-electron chi connectivity index (χ0n) is 54.2. The van der Waals surface area contributed by atoms with Crippen molar-refractivity contribution in [1.82, 2.24) is 5.32 Å². The van der Waals surface area contributed by atoms with Gasteiger partial charge in [-0.2, -0.15) is 0 Å². The second-order valence-electron chi connectivity index (χ2n) is 25.0. The van der Waals surface area contributed by atoms with Gasteiger partial charge in [-0.15, -0.1) is 0 Å². The smallest absolute Gasteiger partial charge is 0.220 e. The normalized spacial score (nSPS) is 28.7. The number of hydrogen-bond donors (Lipinski definition) is 12. The minimum absolute atomic E-state index is 0.237. The van der Waals surface area contributed by atoms with Crippen LogP contribution in [0.1, 0.15) is 251 Å². The van der Waals surface area contributed by atoms with E-state index in [1.54, 1.807) is 6.08 Å². The zero-order chi connectivity index (χ0) is 64.0. The monoisotopic (exact) mass is 1260 g/mol. The van der Waals surface area contributed by atoms with Crippen LogP contribution in [-0.4, -0.2) is 193 Å². The summed E-state index contributed by atoms with van der Waals surface area (Å²) in [4.78, 5) is 13.3. The number of ether oxygens (including phenoxy) is 6. The van der Waals surface area contributed by atoms with Crippen LogP contribution in [0.5, 0.6) is 0 Å². The summed E-state index contributed by atoms with van der Waals surface area (Å²) >= 11 is 0. The van der Waals surface area contributed by atoms with Gasteiger partial charge in [0.1, 0.15) is 73.2 Å². The topological polar surface area (TPSA) is 307 Å². The summed E-state index contributed by atoms with van der Waals surface area (Å²) in [5, 5.41) is 120. The highest BCUT2D eigenvalue weighted by Gasteiger charge is 2.53. The first-order chi connectivity index (χ1) is 42.8. The Kier molecular flexibility index (Phi) is 46.5. The molecule has 3 fully saturated rings. The average molecular weight is 1260 g/mol. The summed E-state index contributed by atoms with van der Waals surface area (Å²) in [6.07, 6.45) is 34.3. The summed E-state index contributed by atoms with van der Waals surface area (Å²) in [6.45, 7) is 1.66. The van der Waals surface area contributed by atoms with Gasteiger partial charge in [0, 0.05) is 6.42 Å². The number of hydrogen-bond acceptors (Lipinski definition) is 18. The minimum Gasteiger partial charge on any atom is -0.394 e. The highest BCUT2D eigenvalue weighted by Crippen LogP contribution is 2.33. The van der Waals surface area contributed by atoms with Crippen LogP contribution < -0.4 is 5.32 Å². The van der Waals surface area contributed by atoms with Gasteiger partial charge in [-0.1, -0.05) is 229 Å². The van der Waals surface area contributed by atoms with Crippen molar-refractivity contribution in [3.63, 3.8) is 0 Å². The van der Waals surface area contributed by atoms with Gasteiger partial charge in [0.05, 0.1) is 38.6 Å². The molecule has 3 rings (SSSR count).